The molecule has 1 aliphatic carbocycles. The molecule has 0 spiro atoms. The Balaban J connectivity index is -0.000000210. The van der Waals surface area contributed by atoms with Crippen LogP contribution in [0.4, 0.5) is 0 Å². The van der Waals surface area contributed by atoms with E-state index in [1.54, 1.807) is 3.88 Å². The zero-order chi connectivity index (χ0) is 15.0. The molecule has 0 unspecified atom stereocenters. The van der Waals surface area contributed by atoms with Crippen LogP contribution in [0.5, 0.6) is 0 Å². The van der Waals surface area contributed by atoms with Gasteiger partial charge in [-0.3, -0.25) is 0 Å². The summed E-state index contributed by atoms with van der Waals surface area (Å²) in [7, 11) is 11.2. The molecule has 0 heterocycles. The summed E-state index contributed by atoms with van der Waals surface area (Å²) in [6.07, 6.45) is 7.99. The summed E-state index contributed by atoms with van der Waals surface area (Å²) < 4.78 is 1.73. The maximum absolute atomic E-state index is 2.75. The van der Waals surface area contributed by atoms with Crippen LogP contribution in [-0.2, 0) is 16.6 Å². The molecule has 110 valence electrons. The van der Waals surface area contributed by atoms with Crippen LogP contribution < -0.4 is 16.0 Å². The fourth-order valence-corrected chi connectivity index (χ4v) is 3.07. The van der Waals surface area contributed by atoms with Gasteiger partial charge in [0, 0.05) is 0 Å². The van der Waals surface area contributed by atoms with Gasteiger partial charge in [0.2, 0.25) is 0 Å². The van der Waals surface area contributed by atoms with Gasteiger partial charge >= 0.3 is 60.8 Å². The van der Waals surface area contributed by atoms with Gasteiger partial charge in [0.05, 0.1) is 0 Å². The van der Waals surface area contributed by atoms with Crippen LogP contribution in [0.1, 0.15) is 6.42 Å². The molecule has 0 amide bonds. The van der Waals surface area contributed by atoms with E-state index in [9.17, 15) is 0 Å². The van der Waals surface area contributed by atoms with Crippen molar-refractivity contribution in [2.24, 2.45) is 0 Å². The fraction of sp³-hybridized carbons (Fsp3) is 0.714. The minimum absolute atomic E-state index is 1.24. The van der Waals surface area contributed by atoms with Crippen molar-refractivity contribution < 1.29 is 16.6 Å². The topological polar surface area (TPSA) is 36.1 Å². The Bertz CT molecular complexity index is 201. The van der Waals surface area contributed by atoms with Gasteiger partial charge in [-0.15, -0.1) is 0 Å². The Hall–Kier alpha value is 0.0743. The van der Waals surface area contributed by atoms with E-state index >= 15 is 0 Å². The average Bonchev–Trinajstić information content (AvgIpc) is 2.72. The molecule has 0 aromatic rings. The number of rotatable bonds is 1. The summed E-state index contributed by atoms with van der Waals surface area (Å²) >= 11 is -1.38. The molecule has 0 aliphatic heterocycles. The molecule has 0 fully saturated rings. The molecule has 4 heteroatoms. The van der Waals surface area contributed by atoms with Gasteiger partial charge in [-0.05, 0) is 42.3 Å². The zero-order valence-electron chi connectivity index (χ0n) is 13.9. The molecule has 0 atom stereocenters. The van der Waals surface area contributed by atoms with E-state index in [0.29, 0.717) is 0 Å². The predicted octanol–water partition coefficient (Wildman–Crippen LogP) is 2.64. The Morgan fingerprint density at radius 2 is 1.17 bits per heavy atom. The number of nitrogens with one attached hydrogen (secondary N) is 3. The van der Waals surface area contributed by atoms with Crippen LogP contribution in [0.25, 0.3) is 0 Å². The van der Waals surface area contributed by atoms with Gasteiger partial charge in [0.25, 0.3) is 0 Å². The number of hydrogen-bond donors (Lipinski definition) is 3. The molecule has 1 aliphatic rings. The van der Waals surface area contributed by atoms with Crippen LogP contribution >= 0.6 is 0 Å². The summed E-state index contributed by atoms with van der Waals surface area (Å²) in [5.74, 6) is 0. The third kappa shape index (κ3) is 21.4. The summed E-state index contributed by atoms with van der Waals surface area (Å²) in [5, 5.41) is 15.6. The van der Waals surface area contributed by atoms with E-state index in [1.807, 2.05) is 42.3 Å². The first-order chi connectivity index (χ1) is 8.35. The van der Waals surface area contributed by atoms with Crippen molar-refractivity contribution in [1.29, 1.82) is 0 Å². The molecule has 0 aromatic carbocycles. The summed E-state index contributed by atoms with van der Waals surface area (Å²) in [5.41, 5.74) is 0. The molecule has 3 nitrogen and oxygen atoms in total. The quantitative estimate of drug-likeness (QED) is 0.651. The molecule has 0 saturated carbocycles. The minimum atomic E-state index is -1.38. The van der Waals surface area contributed by atoms with Crippen molar-refractivity contribution in [2.75, 3.05) is 42.3 Å². The summed E-state index contributed by atoms with van der Waals surface area (Å²) in [6.45, 7) is 0. The zero-order valence-corrected chi connectivity index (χ0v) is 15.5. The standard InChI is InChI=1S/C5H5.3C2H7N.3CH3.Ti/c1-2-4-5-3-1;3*1-3-2;;;;/h1-3H,4H2;3*3H,1-2H3;3*1H3;. The monoisotopic (exact) mass is 293 g/mol. The molecule has 0 bridgehead atoms. The third-order valence-corrected chi connectivity index (χ3v) is 5.32. The molecule has 0 radical (unpaired) electrons. The average molecular weight is 293 g/mol. The predicted molar refractivity (Wildman–Crippen MR) is 84.4 cm³/mol. The maximum atomic E-state index is 2.75. The van der Waals surface area contributed by atoms with Crippen LogP contribution in [-0.4, -0.2) is 42.3 Å². The molecular weight excluding hydrogens is 258 g/mol. The Labute approximate surface area is 119 Å². The SMILES string of the molecule is CNC.CNC.CNC.[CH3][Ti]([CH3])([CH3])[C]1=CC=CC1. The van der Waals surface area contributed by atoms with Gasteiger partial charge in [-0.25, -0.2) is 0 Å². The normalized spacial score (nSPS) is 12.2. The molecule has 3 N–H and O–H groups in total. The van der Waals surface area contributed by atoms with E-state index in [4.69, 9.17) is 0 Å². The van der Waals surface area contributed by atoms with E-state index < -0.39 is 16.6 Å². The van der Waals surface area contributed by atoms with Crippen molar-refractivity contribution in [1.82, 2.24) is 16.0 Å². The second kappa shape index (κ2) is 17.1. The molecule has 0 aromatic heterocycles. The second-order valence-electron chi connectivity index (χ2n) is 5.07. The van der Waals surface area contributed by atoms with Gasteiger partial charge in [-0.1, -0.05) is 0 Å². The van der Waals surface area contributed by atoms with Crippen LogP contribution in [0.15, 0.2) is 22.1 Å². The summed E-state index contributed by atoms with van der Waals surface area (Å²) in [4.78, 5) is 0. The fourth-order valence-electron chi connectivity index (χ4n) is 1.00. The van der Waals surface area contributed by atoms with Crippen LogP contribution in [0.2, 0.25) is 15.7 Å². The van der Waals surface area contributed by atoms with E-state index in [0.717, 1.165) is 0 Å². The number of hydrogen-bond acceptors (Lipinski definition) is 3. The van der Waals surface area contributed by atoms with Crippen LogP contribution in [0.3, 0.4) is 0 Å². The first-order valence-corrected chi connectivity index (χ1v) is 11.9. The van der Waals surface area contributed by atoms with Gasteiger partial charge < -0.3 is 16.0 Å². The Kier molecular flexibility index (Phi) is 22.0. The third-order valence-electron chi connectivity index (χ3n) is 1.73. The Morgan fingerprint density at radius 1 is 0.833 bits per heavy atom. The van der Waals surface area contributed by atoms with Crippen molar-refractivity contribution in [3.63, 3.8) is 0 Å². The van der Waals surface area contributed by atoms with Gasteiger partial charge in [0.1, 0.15) is 0 Å². The van der Waals surface area contributed by atoms with Crippen molar-refractivity contribution in [3.05, 3.63) is 22.1 Å². The van der Waals surface area contributed by atoms with E-state index in [-0.39, 0.29) is 0 Å². The van der Waals surface area contributed by atoms with Gasteiger partial charge in [-0.2, -0.15) is 0 Å². The molecule has 18 heavy (non-hydrogen) atoms. The van der Waals surface area contributed by atoms with E-state index in [1.165, 1.54) is 6.42 Å². The molecular formula is C14H35N3Ti. The molecule has 1 rings (SSSR count). The summed E-state index contributed by atoms with van der Waals surface area (Å²) in [6, 6.07) is 0. The second-order valence-corrected chi connectivity index (χ2v) is 13.1. The number of allylic oxidation sites excluding steroid dienone is 4. The van der Waals surface area contributed by atoms with E-state index in [2.05, 4.69) is 49.9 Å². The first kappa shape index (κ1) is 23.2. The van der Waals surface area contributed by atoms with Gasteiger partial charge in [0.15, 0.2) is 0 Å². The Morgan fingerprint density at radius 3 is 1.28 bits per heavy atom. The van der Waals surface area contributed by atoms with Crippen molar-refractivity contribution >= 4 is 0 Å². The van der Waals surface area contributed by atoms with Crippen LogP contribution in [0, 0.1) is 0 Å². The van der Waals surface area contributed by atoms with Crippen molar-refractivity contribution in [2.45, 2.75) is 22.1 Å². The van der Waals surface area contributed by atoms with Crippen molar-refractivity contribution in [3.8, 4) is 0 Å². The first-order valence-electron chi connectivity index (χ1n) is 6.47. The molecule has 0 saturated heterocycles.